The van der Waals surface area contributed by atoms with Crippen molar-refractivity contribution >= 4 is 5.91 Å². The Hall–Kier alpha value is -0.570. The molecule has 0 spiro atoms. The molecule has 0 aliphatic carbocycles. The Labute approximate surface area is 93.8 Å². The molecule has 0 saturated carbocycles. The van der Waals surface area contributed by atoms with E-state index in [-0.39, 0.29) is 23.9 Å². The summed E-state index contributed by atoms with van der Waals surface area (Å²) < 4.78 is 0. The van der Waals surface area contributed by atoms with Gasteiger partial charge in [-0.05, 0) is 17.8 Å². The Morgan fingerprint density at radius 3 is 2.27 bits per heavy atom. The van der Waals surface area contributed by atoms with Crippen molar-refractivity contribution in [2.24, 2.45) is 23.0 Å². The van der Waals surface area contributed by atoms with Crippen molar-refractivity contribution in [1.82, 2.24) is 5.32 Å². The van der Waals surface area contributed by atoms with Crippen LogP contribution in [-0.2, 0) is 4.79 Å². The van der Waals surface area contributed by atoms with Gasteiger partial charge in [-0.25, -0.2) is 0 Å². The van der Waals surface area contributed by atoms with Crippen LogP contribution >= 0.6 is 0 Å². The molecule has 0 saturated heterocycles. The summed E-state index contributed by atoms with van der Waals surface area (Å²) in [6.45, 7) is 11.0. The number of nitrogens with two attached hydrogens (primary N) is 1. The number of carbonyl (C=O) groups excluding carboxylic acids is 1. The normalized spacial score (nSPS) is 15.9. The third kappa shape index (κ3) is 5.78. The van der Waals surface area contributed by atoms with E-state index < -0.39 is 0 Å². The molecule has 15 heavy (non-hydrogen) atoms. The van der Waals surface area contributed by atoms with Crippen LogP contribution in [0.5, 0.6) is 0 Å². The highest BCUT2D eigenvalue weighted by Crippen LogP contribution is 2.30. The van der Waals surface area contributed by atoms with Crippen LogP contribution in [0.4, 0.5) is 0 Å². The highest BCUT2D eigenvalue weighted by molar-refractivity contribution is 5.78. The topological polar surface area (TPSA) is 55.1 Å². The first kappa shape index (κ1) is 14.4. The van der Waals surface area contributed by atoms with Crippen LogP contribution in [0.3, 0.4) is 0 Å². The van der Waals surface area contributed by atoms with E-state index in [1.807, 2.05) is 0 Å². The molecule has 0 aromatic rings. The van der Waals surface area contributed by atoms with E-state index in [2.05, 4.69) is 39.9 Å². The van der Waals surface area contributed by atoms with E-state index >= 15 is 0 Å². The monoisotopic (exact) mass is 214 g/mol. The summed E-state index contributed by atoms with van der Waals surface area (Å²) in [5, 5.41) is 2.72. The summed E-state index contributed by atoms with van der Waals surface area (Å²) in [6, 6.07) is 0. The van der Waals surface area contributed by atoms with Crippen molar-refractivity contribution in [2.45, 2.75) is 47.5 Å². The molecule has 0 aliphatic heterocycles. The van der Waals surface area contributed by atoms with E-state index in [4.69, 9.17) is 5.73 Å². The van der Waals surface area contributed by atoms with E-state index in [1.54, 1.807) is 0 Å². The van der Waals surface area contributed by atoms with Gasteiger partial charge in [-0.2, -0.15) is 0 Å². The molecule has 0 bridgehead atoms. The Balaban J connectivity index is 4.51. The number of nitrogens with one attached hydrogen (secondary N) is 1. The molecule has 1 amide bonds. The van der Waals surface area contributed by atoms with E-state index in [0.717, 1.165) is 12.8 Å². The van der Waals surface area contributed by atoms with Crippen LogP contribution < -0.4 is 11.1 Å². The van der Waals surface area contributed by atoms with Crippen molar-refractivity contribution < 1.29 is 4.79 Å². The quantitative estimate of drug-likeness (QED) is 0.689. The lowest BCUT2D eigenvalue weighted by Gasteiger charge is -2.29. The fraction of sp³-hybridized carbons (Fsp3) is 0.917. The van der Waals surface area contributed by atoms with Gasteiger partial charge in [-0.3, -0.25) is 4.79 Å². The van der Waals surface area contributed by atoms with Crippen LogP contribution in [0.1, 0.15) is 47.5 Å². The third-order valence-electron chi connectivity index (χ3n) is 2.78. The minimum absolute atomic E-state index is 0.0820. The Morgan fingerprint density at radius 2 is 1.93 bits per heavy atom. The molecule has 0 aromatic carbocycles. The van der Waals surface area contributed by atoms with Crippen molar-refractivity contribution in [2.75, 3.05) is 6.67 Å². The average molecular weight is 214 g/mol. The number of hydrogen-bond acceptors (Lipinski definition) is 2. The SMILES string of the molecule is CCC(C)C(CC(C)(C)C)C(=O)NCN. The predicted molar refractivity (Wildman–Crippen MR) is 64.2 cm³/mol. The number of hydrogen-bond donors (Lipinski definition) is 2. The maximum absolute atomic E-state index is 11.8. The molecule has 3 heteroatoms. The molecule has 2 unspecified atom stereocenters. The van der Waals surface area contributed by atoms with Gasteiger partial charge >= 0.3 is 0 Å². The number of rotatable bonds is 5. The summed E-state index contributed by atoms with van der Waals surface area (Å²) in [6.07, 6.45) is 1.94. The van der Waals surface area contributed by atoms with Crippen molar-refractivity contribution in [3.8, 4) is 0 Å². The lowest BCUT2D eigenvalue weighted by molar-refractivity contribution is -0.127. The van der Waals surface area contributed by atoms with Crippen molar-refractivity contribution in [3.63, 3.8) is 0 Å². The molecular weight excluding hydrogens is 188 g/mol. The molecule has 0 aliphatic rings. The molecule has 90 valence electrons. The Morgan fingerprint density at radius 1 is 1.40 bits per heavy atom. The van der Waals surface area contributed by atoms with E-state index in [1.165, 1.54) is 0 Å². The fourth-order valence-electron chi connectivity index (χ4n) is 1.73. The minimum atomic E-state index is 0.0820. The average Bonchev–Trinajstić information content (AvgIpc) is 2.12. The van der Waals surface area contributed by atoms with Gasteiger partial charge in [0, 0.05) is 5.92 Å². The fourth-order valence-corrected chi connectivity index (χ4v) is 1.73. The van der Waals surface area contributed by atoms with Crippen molar-refractivity contribution in [3.05, 3.63) is 0 Å². The zero-order valence-electron chi connectivity index (χ0n) is 10.8. The van der Waals surface area contributed by atoms with Gasteiger partial charge in [0.2, 0.25) is 5.91 Å². The number of amides is 1. The standard InChI is InChI=1S/C12H26N2O/c1-6-9(2)10(7-12(3,4)5)11(15)14-8-13/h9-10H,6-8,13H2,1-5H3,(H,14,15). The Bertz CT molecular complexity index is 196. The van der Waals surface area contributed by atoms with Gasteiger partial charge in [0.05, 0.1) is 6.67 Å². The summed E-state index contributed by atoms with van der Waals surface area (Å²) in [4.78, 5) is 11.8. The predicted octanol–water partition coefficient (Wildman–Crippen LogP) is 2.12. The summed E-state index contributed by atoms with van der Waals surface area (Å²) in [5.74, 6) is 0.594. The molecule has 0 radical (unpaired) electrons. The largest absolute Gasteiger partial charge is 0.344 e. The smallest absolute Gasteiger partial charge is 0.224 e. The van der Waals surface area contributed by atoms with Gasteiger partial charge in [-0.1, -0.05) is 41.0 Å². The Kier molecular flexibility index (Phi) is 5.88. The third-order valence-corrected chi connectivity index (χ3v) is 2.78. The molecule has 0 rings (SSSR count). The van der Waals surface area contributed by atoms with Crippen molar-refractivity contribution in [1.29, 1.82) is 0 Å². The van der Waals surface area contributed by atoms with Gasteiger partial charge in [0.25, 0.3) is 0 Å². The maximum Gasteiger partial charge on any atom is 0.224 e. The molecular formula is C12H26N2O. The highest BCUT2D eigenvalue weighted by Gasteiger charge is 2.28. The first-order valence-electron chi connectivity index (χ1n) is 5.79. The summed E-state index contributed by atoms with van der Waals surface area (Å²) in [5.41, 5.74) is 5.52. The number of carbonyl (C=O) groups is 1. The maximum atomic E-state index is 11.8. The van der Waals surface area contributed by atoms with Crippen LogP contribution in [0.25, 0.3) is 0 Å². The molecule has 0 heterocycles. The second-order valence-corrected chi connectivity index (χ2v) is 5.50. The zero-order chi connectivity index (χ0) is 12.1. The van der Waals surface area contributed by atoms with E-state index in [9.17, 15) is 4.79 Å². The molecule has 3 N–H and O–H groups in total. The van der Waals surface area contributed by atoms with Gasteiger partial charge in [0.1, 0.15) is 0 Å². The van der Waals surface area contributed by atoms with Crippen LogP contribution in [-0.4, -0.2) is 12.6 Å². The first-order valence-corrected chi connectivity index (χ1v) is 5.79. The van der Waals surface area contributed by atoms with Gasteiger partial charge < -0.3 is 11.1 Å². The first-order chi connectivity index (χ1) is 6.81. The van der Waals surface area contributed by atoms with Gasteiger partial charge in [-0.15, -0.1) is 0 Å². The summed E-state index contributed by atoms with van der Waals surface area (Å²) in [7, 11) is 0. The molecule has 0 aromatic heterocycles. The second kappa shape index (κ2) is 6.11. The van der Waals surface area contributed by atoms with Crippen LogP contribution in [0.15, 0.2) is 0 Å². The molecule has 2 atom stereocenters. The minimum Gasteiger partial charge on any atom is -0.344 e. The zero-order valence-corrected chi connectivity index (χ0v) is 10.8. The lowest BCUT2D eigenvalue weighted by atomic mass is 9.78. The molecule has 0 fully saturated rings. The highest BCUT2D eigenvalue weighted by atomic mass is 16.1. The van der Waals surface area contributed by atoms with Crippen LogP contribution in [0, 0.1) is 17.3 Å². The second-order valence-electron chi connectivity index (χ2n) is 5.50. The van der Waals surface area contributed by atoms with Gasteiger partial charge in [0.15, 0.2) is 0 Å². The lowest BCUT2D eigenvalue weighted by Crippen LogP contribution is -2.39. The van der Waals surface area contributed by atoms with Crippen LogP contribution in [0.2, 0.25) is 0 Å². The molecule has 3 nitrogen and oxygen atoms in total. The summed E-state index contributed by atoms with van der Waals surface area (Å²) >= 11 is 0. The van der Waals surface area contributed by atoms with E-state index in [0.29, 0.717) is 5.92 Å².